The van der Waals surface area contributed by atoms with Gasteiger partial charge in [0, 0.05) is 11.1 Å². The molecule has 32 heavy (non-hydrogen) atoms. The number of carbonyl (C=O) groups is 1. The molecule has 0 unspecified atom stereocenters. The normalized spacial score (nSPS) is 11.7. The van der Waals surface area contributed by atoms with Gasteiger partial charge in [0.1, 0.15) is 23.9 Å². The van der Waals surface area contributed by atoms with Crippen LogP contribution in [-0.2, 0) is 6.61 Å². The first kappa shape index (κ1) is 23.3. The van der Waals surface area contributed by atoms with Crippen molar-refractivity contribution in [3.63, 3.8) is 0 Å². The van der Waals surface area contributed by atoms with Gasteiger partial charge in [-0.3, -0.25) is 4.79 Å². The van der Waals surface area contributed by atoms with Crippen LogP contribution in [0.4, 0.5) is 4.39 Å². The van der Waals surface area contributed by atoms with E-state index in [-0.39, 0.29) is 24.4 Å². The van der Waals surface area contributed by atoms with Crippen molar-refractivity contribution in [2.45, 2.75) is 47.3 Å². The predicted octanol–water partition coefficient (Wildman–Crippen LogP) is 6.22. The summed E-state index contributed by atoms with van der Waals surface area (Å²) >= 11 is 0. The van der Waals surface area contributed by atoms with Gasteiger partial charge in [0.15, 0.2) is 0 Å². The number of carbonyl (C=O) groups excluding carboxylic acids is 1. The number of aryl methyl sites for hydroxylation is 2. The van der Waals surface area contributed by atoms with Crippen LogP contribution in [-0.4, -0.2) is 12.5 Å². The molecule has 0 aliphatic heterocycles. The van der Waals surface area contributed by atoms with Crippen molar-refractivity contribution >= 4 is 5.91 Å². The summed E-state index contributed by atoms with van der Waals surface area (Å²) in [6.45, 7) is 10.7. The minimum absolute atomic E-state index is 0.214. The van der Waals surface area contributed by atoms with Crippen molar-refractivity contribution < 1.29 is 18.7 Å². The third-order valence-electron chi connectivity index (χ3n) is 5.49. The molecule has 0 bridgehead atoms. The summed E-state index contributed by atoms with van der Waals surface area (Å²) in [7, 11) is 0. The molecule has 0 fully saturated rings. The van der Waals surface area contributed by atoms with Crippen molar-refractivity contribution in [3.05, 3.63) is 93.8 Å². The first-order valence-electron chi connectivity index (χ1n) is 10.8. The number of amides is 1. The predicted molar refractivity (Wildman–Crippen MR) is 125 cm³/mol. The standard InChI is InChI=1S/C27H30FNO3/c1-6-31-25-12-9-22(27(30)29-20(5)21-7-10-24(28)11-8-21)15-23(25)16-32-26-14-17(2)13-18(3)19(26)4/h7-15,20H,6,16H2,1-5H3,(H,29,30)/t20-/m1/s1. The van der Waals surface area contributed by atoms with E-state index in [9.17, 15) is 9.18 Å². The number of ether oxygens (including phenoxy) is 2. The lowest BCUT2D eigenvalue weighted by molar-refractivity contribution is 0.0939. The van der Waals surface area contributed by atoms with Gasteiger partial charge < -0.3 is 14.8 Å². The van der Waals surface area contributed by atoms with Crippen LogP contribution >= 0.6 is 0 Å². The summed E-state index contributed by atoms with van der Waals surface area (Å²) in [5, 5.41) is 2.97. The Labute approximate surface area is 189 Å². The Balaban J connectivity index is 1.79. The van der Waals surface area contributed by atoms with E-state index in [1.807, 2.05) is 33.8 Å². The number of rotatable bonds is 8. The highest BCUT2D eigenvalue weighted by Crippen LogP contribution is 2.27. The van der Waals surface area contributed by atoms with E-state index in [0.29, 0.717) is 17.9 Å². The topological polar surface area (TPSA) is 47.6 Å². The Morgan fingerprint density at radius 1 is 0.969 bits per heavy atom. The third-order valence-corrected chi connectivity index (χ3v) is 5.49. The molecule has 3 aromatic carbocycles. The largest absolute Gasteiger partial charge is 0.493 e. The van der Waals surface area contributed by atoms with Crippen LogP contribution < -0.4 is 14.8 Å². The number of hydrogen-bond donors (Lipinski definition) is 1. The lowest BCUT2D eigenvalue weighted by Gasteiger charge is -2.17. The summed E-state index contributed by atoms with van der Waals surface area (Å²) in [6.07, 6.45) is 0. The fourth-order valence-corrected chi connectivity index (χ4v) is 3.55. The minimum atomic E-state index is -0.303. The maximum absolute atomic E-state index is 13.2. The summed E-state index contributed by atoms with van der Waals surface area (Å²) in [6, 6.07) is 15.3. The van der Waals surface area contributed by atoms with Crippen LogP contribution in [0.3, 0.4) is 0 Å². The van der Waals surface area contributed by atoms with Gasteiger partial charge in [-0.05, 0) is 93.3 Å². The highest BCUT2D eigenvalue weighted by molar-refractivity contribution is 5.94. The van der Waals surface area contributed by atoms with Crippen LogP contribution in [0.2, 0.25) is 0 Å². The molecule has 1 amide bonds. The van der Waals surface area contributed by atoms with E-state index in [2.05, 4.69) is 18.3 Å². The summed E-state index contributed by atoms with van der Waals surface area (Å²) < 4.78 is 25.0. The number of benzene rings is 3. The second-order valence-corrected chi connectivity index (χ2v) is 8.00. The molecule has 1 atom stereocenters. The van der Waals surface area contributed by atoms with Gasteiger partial charge in [0.2, 0.25) is 0 Å². The van der Waals surface area contributed by atoms with Gasteiger partial charge in [-0.15, -0.1) is 0 Å². The fraction of sp³-hybridized carbons (Fsp3) is 0.296. The van der Waals surface area contributed by atoms with Crippen molar-refractivity contribution in [2.75, 3.05) is 6.61 Å². The maximum Gasteiger partial charge on any atom is 0.251 e. The zero-order valence-corrected chi connectivity index (χ0v) is 19.3. The van der Waals surface area contributed by atoms with Crippen LogP contribution in [0.25, 0.3) is 0 Å². The molecule has 0 radical (unpaired) electrons. The first-order chi connectivity index (χ1) is 15.3. The Hall–Kier alpha value is -3.34. The molecule has 0 aliphatic carbocycles. The van der Waals surface area contributed by atoms with Gasteiger partial charge >= 0.3 is 0 Å². The molecule has 5 heteroatoms. The molecule has 3 aromatic rings. The van der Waals surface area contributed by atoms with Crippen molar-refractivity contribution in [2.24, 2.45) is 0 Å². The van der Waals surface area contributed by atoms with E-state index in [0.717, 1.165) is 28.0 Å². The van der Waals surface area contributed by atoms with Gasteiger partial charge in [-0.1, -0.05) is 18.2 Å². The highest BCUT2D eigenvalue weighted by atomic mass is 19.1. The summed E-state index contributed by atoms with van der Waals surface area (Å²) in [5.41, 5.74) is 5.55. The molecule has 1 N–H and O–H groups in total. The SMILES string of the molecule is CCOc1ccc(C(=O)N[C@H](C)c2ccc(F)cc2)cc1COc1cc(C)cc(C)c1C. The van der Waals surface area contributed by atoms with E-state index in [4.69, 9.17) is 9.47 Å². The Kier molecular flexibility index (Phi) is 7.52. The molecular weight excluding hydrogens is 405 g/mol. The number of nitrogens with one attached hydrogen (secondary N) is 1. The quantitative estimate of drug-likeness (QED) is 0.457. The van der Waals surface area contributed by atoms with Gasteiger partial charge in [-0.2, -0.15) is 0 Å². The summed E-state index contributed by atoms with van der Waals surface area (Å²) in [5.74, 6) is 0.999. The van der Waals surface area contributed by atoms with Crippen LogP contribution in [0.5, 0.6) is 11.5 Å². The number of halogens is 1. The van der Waals surface area contributed by atoms with E-state index in [1.165, 1.54) is 17.7 Å². The molecule has 0 saturated carbocycles. The van der Waals surface area contributed by atoms with Crippen molar-refractivity contribution in [3.8, 4) is 11.5 Å². The zero-order chi connectivity index (χ0) is 23.3. The lowest BCUT2D eigenvalue weighted by Crippen LogP contribution is -2.26. The summed E-state index contributed by atoms with van der Waals surface area (Å²) in [4.78, 5) is 12.9. The zero-order valence-electron chi connectivity index (χ0n) is 19.3. The van der Waals surface area contributed by atoms with Crippen molar-refractivity contribution in [1.82, 2.24) is 5.32 Å². The minimum Gasteiger partial charge on any atom is -0.493 e. The van der Waals surface area contributed by atoms with E-state index < -0.39 is 0 Å². The average Bonchev–Trinajstić information content (AvgIpc) is 2.76. The molecule has 0 aromatic heterocycles. The Bertz CT molecular complexity index is 1090. The van der Waals surface area contributed by atoms with Crippen LogP contribution in [0, 0.1) is 26.6 Å². The van der Waals surface area contributed by atoms with Crippen molar-refractivity contribution in [1.29, 1.82) is 0 Å². The Morgan fingerprint density at radius 3 is 2.38 bits per heavy atom. The first-order valence-corrected chi connectivity index (χ1v) is 10.8. The monoisotopic (exact) mass is 435 g/mol. The second kappa shape index (κ2) is 10.3. The highest BCUT2D eigenvalue weighted by Gasteiger charge is 2.15. The molecule has 3 rings (SSSR count). The average molecular weight is 436 g/mol. The van der Waals surface area contributed by atoms with Gasteiger partial charge in [0.05, 0.1) is 12.6 Å². The van der Waals surface area contributed by atoms with Gasteiger partial charge in [0.25, 0.3) is 5.91 Å². The molecule has 0 heterocycles. The molecule has 168 valence electrons. The third kappa shape index (κ3) is 5.67. The van der Waals surface area contributed by atoms with E-state index >= 15 is 0 Å². The fourth-order valence-electron chi connectivity index (χ4n) is 3.55. The van der Waals surface area contributed by atoms with Crippen LogP contribution in [0.1, 0.15) is 58.1 Å². The number of hydrogen-bond acceptors (Lipinski definition) is 3. The molecule has 0 aliphatic rings. The molecule has 0 saturated heterocycles. The lowest BCUT2D eigenvalue weighted by atomic mass is 10.1. The van der Waals surface area contributed by atoms with E-state index in [1.54, 1.807) is 30.3 Å². The second-order valence-electron chi connectivity index (χ2n) is 8.00. The molecule has 4 nitrogen and oxygen atoms in total. The smallest absolute Gasteiger partial charge is 0.251 e. The molecule has 0 spiro atoms. The van der Waals surface area contributed by atoms with Crippen LogP contribution in [0.15, 0.2) is 54.6 Å². The Morgan fingerprint density at radius 2 is 1.69 bits per heavy atom. The molecular formula is C27H30FNO3. The van der Waals surface area contributed by atoms with Gasteiger partial charge in [-0.25, -0.2) is 4.39 Å². The maximum atomic E-state index is 13.2.